The minimum absolute atomic E-state index is 0.212. The van der Waals surface area contributed by atoms with Gasteiger partial charge in [-0.15, -0.1) is 0 Å². The Labute approximate surface area is 95.8 Å². The summed E-state index contributed by atoms with van der Waals surface area (Å²) in [5, 5.41) is 46.2. The first kappa shape index (κ1) is 15.8. The third-order valence-corrected chi connectivity index (χ3v) is 2.67. The minimum Gasteiger partial charge on any atom is -0.394 e. The number of rotatable bonds is 8. The number of aliphatic hydroxyl groups excluding tert-OH is 5. The van der Waals surface area contributed by atoms with Crippen LogP contribution in [0.15, 0.2) is 0 Å². The van der Waals surface area contributed by atoms with Gasteiger partial charge in [-0.3, -0.25) is 0 Å². The molecule has 5 N–H and O–H groups in total. The van der Waals surface area contributed by atoms with Crippen molar-refractivity contribution in [1.82, 2.24) is 4.90 Å². The Morgan fingerprint density at radius 2 is 1.31 bits per heavy atom. The van der Waals surface area contributed by atoms with Crippen LogP contribution in [-0.2, 0) is 0 Å². The number of nitrogens with zero attached hydrogens (tertiary/aromatic N) is 1. The summed E-state index contributed by atoms with van der Waals surface area (Å²) in [6.07, 6.45) is -5.62. The van der Waals surface area contributed by atoms with E-state index in [0.717, 1.165) is 13.1 Å². The molecule has 0 amide bonds. The molecule has 0 aromatic carbocycles. The van der Waals surface area contributed by atoms with E-state index in [4.69, 9.17) is 10.2 Å². The number of hydrogen-bond donors (Lipinski definition) is 5. The maximum Gasteiger partial charge on any atom is 0.111 e. The number of likely N-dealkylation sites (N-methyl/N-ethyl adjacent to an activating group) is 1. The number of hydrogen-bond acceptors (Lipinski definition) is 6. The lowest BCUT2D eigenvalue weighted by Crippen LogP contribution is -2.49. The van der Waals surface area contributed by atoms with Crippen molar-refractivity contribution in [2.75, 3.05) is 26.2 Å². The molecule has 4 atom stereocenters. The molecule has 0 fully saturated rings. The Kier molecular flexibility index (Phi) is 7.82. The van der Waals surface area contributed by atoms with Crippen LogP contribution in [0.2, 0.25) is 0 Å². The van der Waals surface area contributed by atoms with Crippen molar-refractivity contribution in [3.63, 3.8) is 0 Å². The maximum atomic E-state index is 9.62. The summed E-state index contributed by atoms with van der Waals surface area (Å²) in [4.78, 5) is 1.88. The molecular weight excluding hydrogens is 214 g/mol. The molecule has 0 heterocycles. The molecule has 0 rings (SSSR count). The van der Waals surface area contributed by atoms with E-state index in [9.17, 15) is 15.3 Å². The van der Waals surface area contributed by atoms with E-state index in [0.29, 0.717) is 0 Å². The fourth-order valence-corrected chi connectivity index (χ4v) is 1.42. The first-order chi connectivity index (χ1) is 7.47. The number of aliphatic hydroxyl groups is 5. The van der Waals surface area contributed by atoms with E-state index in [-0.39, 0.29) is 6.54 Å². The molecule has 0 aliphatic heterocycles. The Hall–Kier alpha value is -0.240. The van der Waals surface area contributed by atoms with Gasteiger partial charge in [0, 0.05) is 6.54 Å². The van der Waals surface area contributed by atoms with Crippen molar-refractivity contribution in [3.8, 4) is 0 Å². The van der Waals surface area contributed by atoms with E-state index in [1.807, 2.05) is 18.7 Å². The molecule has 0 aliphatic rings. The van der Waals surface area contributed by atoms with Crippen LogP contribution in [0.5, 0.6) is 0 Å². The van der Waals surface area contributed by atoms with Gasteiger partial charge in [0.05, 0.1) is 12.7 Å². The van der Waals surface area contributed by atoms with Gasteiger partial charge in [0.1, 0.15) is 18.3 Å². The van der Waals surface area contributed by atoms with Crippen LogP contribution in [-0.4, -0.2) is 81.1 Å². The van der Waals surface area contributed by atoms with E-state index in [1.165, 1.54) is 0 Å². The van der Waals surface area contributed by atoms with Crippen LogP contribution in [0.3, 0.4) is 0 Å². The van der Waals surface area contributed by atoms with Crippen molar-refractivity contribution in [3.05, 3.63) is 0 Å². The quantitative estimate of drug-likeness (QED) is 0.327. The van der Waals surface area contributed by atoms with Gasteiger partial charge in [-0.05, 0) is 13.1 Å². The summed E-state index contributed by atoms with van der Waals surface area (Å²) in [7, 11) is 0. The minimum atomic E-state index is -1.55. The predicted molar refractivity (Wildman–Crippen MR) is 58.9 cm³/mol. The second-order valence-electron chi connectivity index (χ2n) is 3.78. The molecule has 0 unspecified atom stereocenters. The topological polar surface area (TPSA) is 104 Å². The van der Waals surface area contributed by atoms with Crippen molar-refractivity contribution < 1.29 is 25.5 Å². The van der Waals surface area contributed by atoms with Crippen LogP contribution >= 0.6 is 0 Å². The van der Waals surface area contributed by atoms with Gasteiger partial charge in [0.2, 0.25) is 0 Å². The highest BCUT2D eigenvalue weighted by molar-refractivity contribution is 4.82. The van der Waals surface area contributed by atoms with Gasteiger partial charge in [-0.1, -0.05) is 13.8 Å². The molecule has 0 spiro atoms. The molecule has 6 nitrogen and oxygen atoms in total. The van der Waals surface area contributed by atoms with E-state index >= 15 is 0 Å². The lowest BCUT2D eigenvalue weighted by atomic mass is 10.0. The molecule has 16 heavy (non-hydrogen) atoms. The molecular formula is C10H23NO5. The van der Waals surface area contributed by atoms with Gasteiger partial charge >= 0.3 is 0 Å². The van der Waals surface area contributed by atoms with Crippen molar-refractivity contribution >= 4 is 0 Å². The zero-order chi connectivity index (χ0) is 12.7. The fourth-order valence-electron chi connectivity index (χ4n) is 1.42. The van der Waals surface area contributed by atoms with Crippen LogP contribution in [0.25, 0.3) is 0 Å². The Bertz CT molecular complexity index is 177. The third kappa shape index (κ3) is 4.73. The highest BCUT2D eigenvalue weighted by Gasteiger charge is 2.30. The zero-order valence-electron chi connectivity index (χ0n) is 9.82. The van der Waals surface area contributed by atoms with Crippen molar-refractivity contribution in [2.24, 2.45) is 0 Å². The van der Waals surface area contributed by atoms with E-state index in [2.05, 4.69) is 0 Å². The standard InChI is InChI=1S/C10H23NO5/c1-3-11(4-2)5-7(13)9(15)10(16)8(14)6-12/h7-10,12-16H,3-6H2,1-2H3/t7-,8+,9+,10+/m0/s1. The van der Waals surface area contributed by atoms with Gasteiger partial charge in [-0.25, -0.2) is 0 Å². The Morgan fingerprint density at radius 1 is 0.875 bits per heavy atom. The summed E-state index contributed by atoms with van der Waals surface area (Å²) < 4.78 is 0. The SMILES string of the molecule is CCN(CC)C[C@H](O)[C@@H](O)[C@H](O)[C@H](O)CO. The van der Waals surface area contributed by atoms with Crippen molar-refractivity contribution in [2.45, 2.75) is 38.3 Å². The smallest absolute Gasteiger partial charge is 0.111 e. The van der Waals surface area contributed by atoms with E-state index < -0.39 is 31.0 Å². The summed E-state index contributed by atoms with van der Waals surface area (Å²) in [5.41, 5.74) is 0. The van der Waals surface area contributed by atoms with Crippen LogP contribution in [0.4, 0.5) is 0 Å². The fraction of sp³-hybridized carbons (Fsp3) is 1.00. The molecule has 0 saturated heterocycles. The average Bonchev–Trinajstić information content (AvgIpc) is 2.32. The second kappa shape index (κ2) is 7.94. The van der Waals surface area contributed by atoms with Crippen molar-refractivity contribution in [1.29, 1.82) is 0 Å². The highest BCUT2D eigenvalue weighted by atomic mass is 16.4. The zero-order valence-corrected chi connectivity index (χ0v) is 9.82. The lowest BCUT2D eigenvalue weighted by molar-refractivity contribution is -0.119. The van der Waals surface area contributed by atoms with Gasteiger partial charge < -0.3 is 30.4 Å². The largest absolute Gasteiger partial charge is 0.394 e. The van der Waals surface area contributed by atoms with Crippen LogP contribution in [0.1, 0.15) is 13.8 Å². The molecule has 0 saturated carbocycles. The first-order valence-electron chi connectivity index (χ1n) is 5.53. The second-order valence-corrected chi connectivity index (χ2v) is 3.78. The molecule has 6 heteroatoms. The van der Waals surface area contributed by atoms with Crippen LogP contribution in [0, 0.1) is 0 Å². The predicted octanol–water partition coefficient (Wildman–Crippen LogP) is -2.24. The highest BCUT2D eigenvalue weighted by Crippen LogP contribution is 2.06. The van der Waals surface area contributed by atoms with Gasteiger partial charge in [-0.2, -0.15) is 0 Å². The Balaban J connectivity index is 4.20. The lowest BCUT2D eigenvalue weighted by Gasteiger charge is -2.29. The molecule has 0 bridgehead atoms. The third-order valence-electron chi connectivity index (χ3n) is 2.67. The van der Waals surface area contributed by atoms with Gasteiger partial charge in [0.15, 0.2) is 0 Å². The average molecular weight is 237 g/mol. The summed E-state index contributed by atoms with van der Waals surface area (Å²) in [6.45, 7) is 4.83. The maximum absolute atomic E-state index is 9.62. The molecule has 0 radical (unpaired) electrons. The van der Waals surface area contributed by atoms with E-state index in [1.54, 1.807) is 0 Å². The van der Waals surface area contributed by atoms with Gasteiger partial charge in [0.25, 0.3) is 0 Å². The molecule has 0 aromatic heterocycles. The molecule has 0 aromatic rings. The first-order valence-corrected chi connectivity index (χ1v) is 5.53. The monoisotopic (exact) mass is 237 g/mol. The summed E-state index contributed by atoms with van der Waals surface area (Å²) in [6, 6.07) is 0. The molecule has 0 aliphatic carbocycles. The molecule has 98 valence electrons. The summed E-state index contributed by atoms with van der Waals surface area (Å²) in [5.74, 6) is 0. The summed E-state index contributed by atoms with van der Waals surface area (Å²) >= 11 is 0. The van der Waals surface area contributed by atoms with Crippen LogP contribution < -0.4 is 0 Å². The normalized spacial score (nSPS) is 19.5. The Morgan fingerprint density at radius 3 is 1.69 bits per heavy atom.